The molecule has 19 heavy (non-hydrogen) atoms. The van der Waals surface area contributed by atoms with Crippen molar-refractivity contribution >= 4 is 28.5 Å². The van der Waals surface area contributed by atoms with Crippen molar-refractivity contribution in [2.24, 2.45) is 4.40 Å². The summed E-state index contributed by atoms with van der Waals surface area (Å²) in [6, 6.07) is 4.35. The number of benzene rings is 1. The summed E-state index contributed by atoms with van der Waals surface area (Å²) in [5.41, 5.74) is 1.39. The average Bonchev–Trinajstić information content (AvgIpc) is 2.62. The Morgan fingerprint density at radius 3 is 2.68 bits per heavy atom. The Labute approximate surface area is 114 Å². The molecular formula is C14H16FNO2S. The molecule has 0 fully saturated rings. The second-order valence-corrected chi connectivity index (χ2v) is 7.26. The van der Waals surface area contributed by atoms with Gasteiger partial charge in [0.25, 0.3) is 0 Å². The molecule has 0 bridgehead atoms. The fourth-order valence-corrected chi connectivity index (χ4v) is 2.10. The van der Waals surface area contributed by atoms with Gasteiger partial charge in [0.05, 0.1) is 0 Å². The predicted molar refractivity (Wildman–Crippen MR) is 76.4 cm³/mol. The van der Waals surface area contributed by atoms with E-state index in [-0.39, 0.29) is 5.82 Å². The molecule has 1 atom stereocenters. The maximum absolute atomic E-state index is 13.2. The zero-order valence-electron chi connectivity index (χ0n) is 11.4. The van der Waals surface area contributed by atoms with E-state index in [0.717, 1.165) is 5.56 Å². The molecule has 0 radical (unpaired) electrons. The number of rotatable bonds is 2. The highest BCUT2D eigenvalue weighted by atomic mass is 32.2. The first-order chi connectivity index (χ1) is 8.79. The van der Waals surface area contributed by atoms with Crippen LogP contribution >= 0.6 is 0 Å². The summed E-state index contributed by atoms with van der Waals surface area (Å²) in [6.07, 6.45) is 1.45. The largest absolute Gasteiger partial charge is 0.591 e. The van der Waals surface area contributed by atoms with Gasteiger partial charge in [0, 0.05) is 10.9 Å². The molecule has 0 aliphatic rings. The Bertz CT molecular complexity index is 628. The lowest BCUT2D eigenvalue weighted by Crippen LogP contribution is -2.25. The minimum atomic E-state index is -1.34. The quantitative estimate of drug-likeness (QED) is 0.621. The molecule has 2 aromatic rings. The zero-order chi connectivity index (χ0) is 14.2. The van der Waals surface area contributed by atoms with Crippen LogP contribution in [0.5, 0.6) is 0 Å². The summed E-state index contributed by atoms with van der Waals surface area (Å²) in [6.45, 7) is 7.37. The smallest absolute Gasteiger partial charge is 0.153 e. The van der Waals surface area contributed by atoms with Crippen molar-refractivity contribution in [3.05, 3.63) is 35.3 Å². The third-order valence-corrected chi connectivity index (χ3v) is 4.07. The summed E-state index contributed by atoms with van der Waals surface area (Å²) in [4.78, 5) is 0. The van der Waals surface area contributed by atoms with Crippen LogP contribution < -0.4 is 0 Å². The fourth-order valence-electron chi connectivity index (χ4n) is 1.59. The van der Waals surface area contributed by atoms with Crippen molar-refractivity contribution in [1.29, 1.82) is 0 Å². The number of hydrogen-bond acceptors (Lipinski definition) is 3. The van der Waals surface area contributed by atoms with Gasteiger partial charge < -0.3 is 8.97 Å². The number of fused-ring (bicyclic) bond motifs is 1. The first-order valence-electron chi connectivity index (χ1n) is 5.94. The van der Waals surface area contributed by atoms with Gasteiger partial charge >= 0.3 is 0 Å². The molecular weight excluding hydrogens is 265 g/mol. The number of halogens is 1. The van der Waals surface area contributed by atoms with E-state index >= 15 is 0 Å². The third-order valence-electron chi connectivity index (χ3n) is 2.72. The average molecular weight is 281 g/mol. The maximum atomic E-state index is 13.2. The van der Waals surface area contributed by atoms with Crippen LogP contribution in [-0.2, 0) is 11.4 Å². The lowest BCUT2D eigenvalue weighted by molar-refractivity contribution is 0.561. The molecule has 0 saturated heterocycles. The molecule has 102 valence electrons. The summed E-state index contributed by atoms with van der Waals surface area (Å²) in [5.74, 6) is 0.205. The van der Waals surface area contributed by atoms with Gasteiger partial charge in [-0.15, -0.1) is 0 Å². The standard InChI is InChI=1S/C14H16FNO2S/c1-9-11-7-10(15)5-6-12(11)18-13(9)8-16-19(17)14(2,3)4/h5-8H,1-4H3/t19-/m0/s1. The van der Waals surface area contributed by atoms with Gasteiger partial charge in [0.15, 0.2) is 5.76 Å². The maximum Gasteiger partial charge on any atom is 0.153 e. The lowest BCUT2D eigenvalue weighted by Gasteiger charge is -2.17. The van der Waals surface area contributed by atoms with E-state index in [2.05, 4.69) is 4.40 Å². The Balaban J connectivity index is 2.36. The van der Waals surface area contributed by atoms with Crippen molar-refractivity contribution in [2.45, 2.75) is 32.4 Å². The van der Waals surface area contributed by atoms with Gasteiger partial charge in [0.2, 0.25) is 0 Å². The van der Waals surface area contributed by atoms with Crippen LogP contribution in [0.4, 0.5) is 4.39 Å². The molecule has 0 N–H and O–H groups in total. The summed E-state index contributed by atoms with van der Waals surface area (Å²) < 4.78 is 34.2. The Morgan fingerprint density at radius 2 is 2.05 bits per heavy atom. The van der Waals surface area contributed by atoms with Gasteiger partial charge in [-0.2, -0.15) is 0 Å². The number of aryl methyl sites for hydroxylation is 1. The molecule has 0 amide bonds. The van der Waals surface area contributed by atoms with E-state index in [1.807, 2.05) is 27.7 Å². The fraction of sp³-hybridized carbons (Fsp3) is 0.357. The van der Waals surface area contributed by atoms with Crippen LogP contribution in [-0.4, -0.2) is 15.5 Å². The first kappa shape index (κ1) is 14.1. The van der Waals surface area contributed by atoms with Crippen molar-refractivity contribution in [2.75, 3.05) is 0 Å². The molecule has 0 aliphatic carbocycles. The summed E-state index contributed by atoms with van der Waals surface area (Å²) in [5, 5.41) is 0.711. The van der Waals surface area contributed by atoms with Gasteiger partial charge in [-0.05, 0) is 45.9 Å². The molecule has 3 nitrogen and oxygen atoms in total. The molecule has 0 aliphatic heterocycles. The second-order valence-electron chi connectivity index (χ2n) is 5.33. The van der Waals surface area contributed by atoms with Crippen LogP contribution in [0.3, 0.4) is 0 Å². The molecule has 0 unspecified atom stereocenters. The van der Waals surface area contributed by atoms with Crippen LogP contribution in [0.15, 0.2) is 27.0 Å². The van der Waals surface area contributed by atoms with Crippen molar-refractivity contribution in [3.63, 3.8) is 0 Å². The van der Waals surface area contributed by atoms with Crippen molar-refractivity contribution in [1.82, 2.24) is 0 Å². The van der Waals surface area contributed by atoms with Gasteiger partial charge in [-0.25, -0.2) is 4.39 Å². The van der Waals surface area contributed by atoms with Crippen LogP contribution in [0.2, 0.25) is 0 Å². The molecule has 5 heteroatoms. The zero-order valence-corrected chi connectivity index (χ0v) is 12.2. The number of nitrogens with zero attached hydrogens (tertiary/aromatic N) is 1. The Hall–Kier alpha value is -1.33. The van der Waals surface area contributed by atoms with E-state index < -0.39 is 16.1 Å². The highest BCUT2D eigenvalue weighted by Crippen LogP contribution is 2.25. The number of hydrogen-bond donors (Lipinski definition) is 0. The highest BCUT2D eigenvalue weighted by molar-refractivity contribution is 7.91. The molecule has 0 spiro atoms. The lowest BCUT2D eigenvalue weighted by atomic mass is 10.1. The minimum Gasteiger partial charge on any atom is -0.591 e. The van der Waals surface area contributed by atoms with E-state index in [1.165, 1.54) is 18.3 Å². The first-order valence-corrected chi connectivity index (χ1v) is 7.04. The van der Waals surface area contributed by atoms with E-state index in [0.29, 0.717) is 16.7 Å². The van der Waals surface area contributed by atoms with E-state index in [9.17, 15) is 8.94 Å². The van der Waals surface area contributed by atoms with Crippen LogP contribution in [0.1, 0.15) is 32.1 Å². The Kier molecular flexibility index (Phi) is 3.69. The molecule has 0 saturated carbocycles. The molecule has 1 heterocycles. The molecule has 1 aromatic carbocycles. The topological polar surface area (TPSA) is 48.6 Å². The molecule has 2 rings (SSSR count). The second kappa shape index (κ2) is 4.98. The Morgan fingerprint density at radius 1 is 1.37 bits per heavy atom. The summed E-state index contributed by atoms with van der Waals surface area (Å²) in [7, 11) is 0. The minimum absolute atomic E-state index is 0.307. The van der Waals surface area contributed by atoms with Gasteiger partial charge in [-0.3, -0.25) is 0 Å². The normalized spacial score (nSPS) is 14.4. The van der Waals surface area contributed by atoms with Crippen LogP contribution in [0.25, 0.3) is 11.0 Å². The number of furan rings is 1. The monoisotopic (exact) mass is 281 g/mol. The predicted octanol–water partition coefficient (Wildman–Crippen LogP) is 3.76. The highest BCUT2D eigenvalue weighted by Gasteiger charge is 2.26. The van der Waals surface area contributed by atoms with Gasteiger partial charge in [0.1, 0.15) is 33.7 Å². The third kappa shape index (κ3) is 2.98. The van der Waals surface area contributed by atoms with Crippen molar-refractivity contribution < 1.29 is 13.4 Å². The van der Waals surface area contributed by atoms with E-state index in [4.69, 9.17) is 4.42 Å². The molecule has 1 aromatic heterocycles. The van der Waals surface area contributed by atoms with Gasteiger partial charge in [-0.1, -0.05) is 4.40 Å². The SMILES string of the molecule is Cc1c(C=N[S@@+]([O-])C(C)(C)C)oc2ccc(F)cc12. The van der Waals surface area contributed by atoms with Crippen LogP contribution in [0, 0.1) is 12.7 Å². The summed E-state index contributed by atoms with van der Waals surface area (Å²) >= 11 is -1.34. The van der Waals surface area contributed by atoms with E-state index in [1.54, 1.807) is 6.07 Å². The van der Waals surface area contributed by atoms with Crippen molar-refractivity contribution in [3.8, 4) is 0 Å².